The Hall–Kier alpha value is -1.02. The first-order valence-electron chi connectivity index (χ1n) is 7.20. The van der Waals surface area contributed by atoms with E-state index < -0.39 is 0 Å². The van der Waals surface area contributed by atoms with Gasteiger partial charge in [-0.2, -0.15) is 0 Å². The summed E-state index contributed by atoms with van der Waals surface area (Å²) in [5.41, 5.74) is 9.65. The summed E-state index contributed by atoms with van der Waals surface area (Å²) in [5, 5.41) is 0. The average molecular weight is 245 g/mol. The Morgan fingerprint density at radius 3 is 2.72 bits per heavy atom. The Morgan fingerprint density at radius 1 is 1.22 bits per heavy atom. The van der Waals surface area contributed by atoms with Gasteiger partial charge in [0, 0.05) is 11.5 Å². The highest BCUT2D eigenvalue weighted by Crippen LogP contribution is 2.48. The quantitative estimate of drug-likeness (QED) is 0.824. The van der Waals surface area contributed by atoms with Crippen LogP contribution in [0.15, 0.2) is 18.2 Å². The van der Waals surface area contributed by atoms with Gasteiger partial charge >= 0.3 is 0 Å². The zero-order valence-electron chi connectivity index (χ0n) is 11.2. The van der Waals surface area contributed by atoms with Crippen molar-refractivity contribution in [3.8, 4) is 5.75 Å². The third-order valence-electron chi connectivity index (χ3n) is 5.05. The molecule has 1 aromatic rings. The molecule has 0 radical (unpaired) electrons. The van der Waals surface area contributed by atoms with Crippen molar-refractivity contribution >= 4 is 0 Å². The smallest absolute Gasteiger partial charge is 0.122 e. The molecule has 1 fully saturated rings. The van der Waals surface area contributed by atoms with Gasteiger partial charge in [-0.1, -0.05) is 31.4 Å². The van der Waals surface area contributed by atoms with Crippen LogP contribution in [0.2, 0.25) is 0 Å². The number of hydrogen-bond acceptors (Lipinski definition) is 2. The topological polar surface area (TPSA) is 35.2 Å². The number of benzene rings is 1. The highest BCUT2D eigenvalue weighted by atomic mass is 16.5. The lowest BCUT2D eigenvalue weighted by atomic mass is 9.60. The van der Waals surface area contributed by atoms with Crippen molar-refractivity contribution in [2.45, 2.75) is 56.4 Å². The standard InChI is InChI=1S/C16H23NO/c1-18-14-7-5-6-13-12(14)8-9-15(17)16(13)10-3-2-4-11-16/h5-7,15H,2-4,8-11,17H2,1H3. The number of hydrogen-bond donors (Lipinski definition) is 1. The summed E-state index contributed by atoms with van der Waals surface area (Å²) in [7, 11) is 1.78. The summed E-state index contributed by atoms with van der Waals surface area (Å²) < 4.78 is 5.54. The van der Waals surface area contributed by atoms with Gasteiger partial charge in [0.25, 0.3) is 0 Å². The normalized spacial score (nSPS) is 25.8. The van der Waals surface area contributed by atoms with Gasteiger partial charge < -0.3 is 10.5 Å². The first-order chi connectivity index (χ1) is 8.78. The van der Waals surface area contributed by atoms with Crippen LogP contribution in [0.1, 0.15) is 49.7 Å². The number of fused-ring (bicyclic) bond motifs is 2. The van der Waals surface area contributed by atoms with E-state index in [-0.39, 0.29) is 5.41 Å². The molecule has 2 aliphatic carbocycles. The molecule has 2 nitrogen and oxygen atoms in total. The lowest BCUT2D eigenvalue weighted by Gasteiger charge is -2.47. The molecule has 18 heavy (non-hydrogen) atoms. The van der Waals surface area contributed by atoms with Gasteiger partial charge in [0.1, 0.15) is 5.75 Å². The maximum atomic E-state index is 6.51. The van der Waals surface area contributed by atoms with Crippen LogP contribution in [-0.4, -0.2) is 13.2 Å². The molecule has 0 saturated heterocycles. The van der Waals surface area contributed by atoms with E-state index in [1.165, 1.54) is 43.2 Å². The van der Waals surface area contributed by atoms with E-state index in [0.29, 0.717) is 6.04 Å². The molecule has 1 atom stereocenters. The SMILES string of the molecule is COc1cccc2c1CCC(N)C21CCCCC1. The van der Waals surface area contributed by atoms with Crippen LogP contribution in [-0.2, 0) is 11.8 Å². The van der Waals surface area contributed by atoms with Gasteiger partial charge in [-0.15, -0.1) is 0 Å². The first kappa shape index (κ1) is 12.0. The molecule has 0 aliphatic heterocycles. The van der Waals surface area contributed by atoms with Crippen molar-refractivity contribution < 1.29 is 4.74 Å². The fourth-order valence-electron chi connectivity index (χ4n) is 4.08. The Balaban J connectivity index is 2.11. The zero-order valence-corrected chi connectivity index (χ0v) is 11.2. The highest BCUT2D eigenvalue weighted by Gasteiger charge is 2.43. The van der Waals surface area contributed by atoms with E-state index in [0.717, 1.165) is 18.6 Å². The molecule has 98 valence electrons. The fraction of sp³-hybridized carbons (Fsp3) is 0.625. The van der Waals surface area contributed by atoms with Crippen LogP contribution < -0.4 is 10.5 Å². The van der Waals surface area contributed by atoms with E-state index in [9.17, 15) is 0 Å². The average Bonchev–Trinajstić information content (AvgIpc) is 2.44. The van der Waals surface area contributed by atoms with Crippen molar-refractivity contribution in [1.82, 2.24) is 0 Å². The third kappa shape index (κ3) is 1.66. The van der Waals surface area contributed by atoms with Crippen LogP contribution in [0.4, 0.5) is 0 Å². The molecule has 0 aromatic heterocycles. The third-order valence-corrected chi connectivity index (χ3v) is 5.05. The second-order valence-electron chi connectivity index (χ2n) is 5.85. The van der Waals surface area contributed by atoms with Crippen LogP contribution in [0, 0.1) is 0 Å². The number of methoxy groups -OCH3 is 1. The van der Waals surface area contributed by atoms with Crippen LogP contribution in [0.5, 0.6) is 5.75 Å². The molecule has 1 spiro atoms. The zero-order chi connectivity index (χ0) is 12.6. The first-order valence-corrected chi connectivity index (χ1v) is 7.20. The van der Waals surface area contributed by atoms with Gasteiger partial charge in [0.05, 0.1) is 7.11 Å². The second kappa shape index (κ2) is 4.58. The Morgan fingerprint density at radius 2 is 2.00 bits per heavy atom. The largest absolute Gasteiger partial charge is 0.496 e. The van der Waals surface area contributed by atoms with Crippen molar-refractivity contribution in [2.24, 2.45) is 5.73 Å². The Bertz CT molecular complexity index is 435. The van der Waals surface area contributed by atoms with Crippen LogP contribution in [0.25, 0.3) is 0 Å². The van der Waals surface area contributed by atoms with E-state index in [4.69, 9.17) is 10.5 Å². The van der Waals surface area contributed by atoms with Crippen molar-refractivity contribution in [3.63, 3.8) is 0 Å². The van der Waals surface area contributed by atoms with E-state index in [2.05, 4.69) is 18.2 Å². The lowest BCUT2D eigenvalue weighted by Crippen LogP contribution is -2.50. The van der Waals surface area contributed by atoms with Crippen LogP contribution >= 0.6 is 0 Å². The summed E-state index contributed by atoms with van der Waals surface area (Å²) in [6, 6.07) is 6.85. The molecule has 1 aromatic carbocycles. The van der Waals surface area contributed by atoms with Crippen molar-refractivity contribution in [2.75, 3.05) is 7.11 Å². The van der Waals surface area contributed by atoms with Crippen molar-refractivity contribution in [3.05, 3.63) is 29.3 Å². The molecule has 1 unspecified atom stereocenters. The Kier molecular flexibility index (Phi) is 3.06. The van der Waals surface area contributed by atoms with E-state index in [1.807, 2.05) is 0 Å². The van der Waals surface area contributed by atoms with Crippen LogP contribution in [0.3, 0.4) is 0 Å². The van der Waals surface area contributed by atoms with E-state index >= 15 is 0 Å². The number of rotatable bonds is 1. The maximum Gasteiger partial charge on any atom is 0.122 e. The molecular formula is C16H23NO. The predicted molar refractivity (Wildman–Crippen MR) is 74.1 cm³/mol. The lowest BCUT2D eigenvalue weighted by molar-refractivity contribution is 0.219. The van der Waals surface area contributed by atoms with Gasteiger partial charge in [0.2, 0.25) is 0 Å². The van der Waals surface area contributed by atoms with Gasteiger partial charge in [0.15, 0.2) is 0 Å². The minimum absolute atomic E-state index is 0.236. The number of ether oxygens (including phenoxy) is 1. The van der Waals surface area contributed by atoms with Gasteiger partial charge in [-0.05, 0) is 42.9 Å². The summed E-state index contributed by atoms with van der Waals surface area (Å²) in [5.74, 6) is 1.06. The van der Waals surface area contributed by atoms with Crippen molar-refractivity contribution in [1.29, 1.82) is 0 Å². The Labute approximate surface area is 110 Å². The summed E-state index contributed by atoms with van der Waals surface area (Å²) in [6.45, 7) is 0. The second-order valence-corrected chi connectivity index (χ2v) is 5.85. The molecule has 2 aliphatic rings. The molecule has 2 heteroatoms. The fourth-order valence-corrected chi connectivity index (χ4v) is 4.08. The minimum atomic E-state index is 0.236. The summed E-state index contributed by atoms with van der Waals surface area (Å²) in [6.07, 6.45) is 8.71. The molecule has 0 amide bonds. The summed E-state index contributed by atoms with van der Waals surface area (Å²) >= 11 is 0. The van der Waals surface area contributed by atoms with Gasteiger partial charge in [-0.25, -0.2) is 0 Å². The highest BCUT2D eigenvalue weighted by molar-refractivity contribution is 5.47. The summed E-state index contributed by atoms with van der Waals surface area (Å²) in [4.78, 5) is 0. The number of nitrogens with two attached hydrogens (primary N) is 1. The molecule has 0 heterocycles. The van der Waals surface area contributed by atoms with E-state index in [1.54, 1.807) is 7.11 Å². The predicted octanol–water partition coefficient (Wildman–Crippen LogP) is 3.17. The molecule has 3 rings (SSSR count). The molecule has 0 bridgehead atoms. The molecule has 1 saturated carbocycles. The van der Waals surface area contributed by atoms with Gasteiger partial charge in [-0.3, -0.25) is 0 Å². The monoisotopic (exact) mass is 245 g/mol. The minimum Gasteiger partial charge on any atom is -0.496 e. The molecular weight excluding hydrogens is 222 g/mol. The maximum absolute atomic E-state index is 6.51. The molecule has 2 N–H and O–H groups in total.